The van der Waals surface area contributed by atoms with Gasteiger partial charge in [-0.25, -0.2) is 0 Å². The van der Waals surface area contributed by atoms with Crippen LogP contribution in [0.2, 0.25) is 0 Å². The zero-order chi connectivity index (χ0) is 11.3. The number of amides is 2. The van der Waals surface area contributed by atoms with Gasteiger partial charge in [0.2, 0.25) is 5.91 Å². The summed E-state index contributed by atoms with van der Waals surface area (Å²) in [6, 6.07) is 6.82. The number of benzene rings is 1. The molecule has 1 N–H and O–H groups in total. The highest BCUT2D eigenvalue weighted by Crippen LogP contribution is 2.06. The third-order valence-corrected chi connectivity index (χ3v) is 2.25. The van der Waals surface area contributed by atoms with Gasteiger partial charge in [-0.1, -0.05) is 19.1 Å². The molecule has 1 rings (SSSR count). The summed E-state index contributed by atoms with van der Waals surface area (Å²) < 4.78 is 0. The van der Waals surface area contributed by atoms with E-state index in [9.17, 15) is 9.59 Å². The molecule has 0 atom stereocenters. The van der Waals surface area contributed by atoms with E-state index in [1.54, 1.807) is 31.2 Å². The second-order valence-electron chi connectivity index (χ2n) is 3.06. The summed E-state index contributed by atoms with van der Waals surface area (Å²) in [5.41, 5.74) is 1.40. The fourth-order valence-corrected chi connectivity index (χ4v) is 1.21. The van der Waals surface area contributed by atoms with Crippen molar-refractivity contribution < 1.29 is 9.59 Å². The molecule has 0 unspecified atom stereocenters. The normalized spacial score (nSPS) is 9.73. The van der Waals surface area contributed by atoms with Crippen LogP contribution >= 0.6 is 11.6 Å². The van der Waals surface area contributed by atoms with Crippen molar-refractivity contribution >= 4 is 23.4 Å². The van der Waals surface area contributed by atoms with Gasteiger partial charge in [-0.05, 0) is 17.7 Å². The summed E-state index contributed by atoms with van der Waals surface area (Å²) in [6.07, 6.45) is 0.297. The molecule has 0 heterocycles. The number of halogens is 1. The molecule has 0 aliphatic carbocycles. The molecule has 0 aliphatic rings. The van der Waals surface area contributed by atoms with Gasteiger partial charge in [-0.2, -0.15) is 0 Å². The van der Waals surface area contributed by atoms with Crippen LogP contribution in [0.5, 0.6) is 0 Å². The van der Waals surface area contributed by atoms with E-state index in [-0.39, 0.29) is 11.8 Å². The summed E-state index contributed by atoms with van der Waals surface area (Å²) in [7, 11) is 0. The fraction of sp³-hybridized carbons (Fsp3) is 0.273. The van der Waals surface area contributed by atoms with Crippen molar-refractivity contribution in [1.29, 1.82) is 0 Å². The number of rotatable bonds is 3. The molecule has 1 aromatic carbocycles. The van der Waals surface area contributed by atoms with Crippen molar-refractivity contribution in [2.45, 2.75) is 19.2 Å². The van der Waals surface area contributed by atoms with E-state index >= 15 is 0 Å². The molecule has 2 amide bonds. The van der Waals surface area contributed by atoms with E-state index in [0.717, 1.165) is 5.56 Å². The maximum Gasteiger partial charge on any atom is 0.257 e. The van der Waals surface area contributed by atoms with Crippen LogP contribution in [0.4, 0.5) is 0 Å². The molecule has 0 bridgehead atoms. The van der Waals surface area contributed by atoms with Crippen LogP contribution in [-0.4, -0.2) is 11.8 Å². The predicted octanol–water partition coefficient (Wildman–Crippen LogP) is 2.09. The first-order valence-corrected chi connectivity index (χ1v) is 5.20. The molecule has 15 heavy (non-hydrogen) atoms. The van der Waals surface area contributed by atoms with Gasteiger partial charge in [0.15, 0.2) is 0 Å². The minimum Gasteiger partial charge on any atom is -0.292 e. The number of hydrogen-bond donors (Lipinski definition) is 1. The first kappa shape index (κ1) is 11.7. The molecule has 3 nitrogen and oxygen atoms in total. The summed E-state index contributed by atoms with van der Waals surface area (Å²) >= 11 is 5.61. The minimum absolute atomic E-state index is 0.276. The Kier molecular flexibility index (Phi) is 4.31. The summed E-state index contributed by atoms with van der Waals surface area (Å²) in [5.74, 6) is -0.236. The van der Waals surface area contributed by atoms with Gasteiger partial charge in [0.05, 0.1) is 0 Å². The first-order chi connectivity index (χ1) is 7.17. The number of nitrogens with one attached hydrogen (secondary N) is 1. The zero-order valence-corrected chi connectivity index (χ0v) is 9.17. The van der Waals surface area contributed by atoms with Gasteiger partial charge < -0.3 is 0 Å². The Morgan fingerprint density at radius 3 is 2.33 bits per heavy atom. The van der Waals surface area contributed by atoms with Crippen LogP contribution in [0, 0.1) is 0 Å². The Labute approximate surface area is 93.4 Å². The molecule has 0 radical (unpaired) electrons. The number of carbonyl (C=O) groups is 2. The Hall–Kier alpha value is -1.35. The van der Waals surface area contributed by atoms with Gasteiger partial charge in [0.25, 0.3) is 5.91 Å². The average Bonchev–Trinajstić information content (AvgIpc) is 2.29. The minimum atomic E-state index is -0.372. The largest absolute Gasteiger partial charge is 0.292 e. The third-order valence-electron chi connectivity index (χ3n) is 1.94. The molecule has 0 aromatic heterocycles. The standard InChI is InChI=1S/C11H12ClNO2/c1-2-10(14)13-11(15)9-5-3-8(7-12)4-6-9/h3-6H,2,7H2,1H3,(H,13,14,15). The molecular weight excluding hydrogens is 214 g/mol. The predicted molar refractivity (Wildman–Crippen MR) is 58.8 cm³/mol. The number of alkyl halides is 1. The van der Waals surface area contributed by atoms with Crippen molar-refractivity contribution in [2.75, 3.05) is 0 Å². The molecule has 0 aliphatic heterocycles. The third kappa shape index (κ3) is 3.36. The van der Waals surface area contributed by atoms with E-state index in [0.29, 0.717) is 17.9 Å². The summed E-state index contributed by atoms with van der Waals surface area (Å²) in [4.78, 5) is 22.4. The van der Waals surface area contributed by atoms with Crippen LogP contribution in [0.25, 0.3) is 0 Å². The van der Waals surface area contributed by atoms with Crippen molar-refractivity contribution in [3.05, 3.63) is 35.4 Å². The van der Waals surface area contributed by atoms with Gasteiger partial charge >= 0.3 is 0 Å². The van der Waals surface area contributed by atoms with Crippen molar-refractivity contribution in [2.24, 2.45) is 0 Å². The highest BCUT2D eigenvalue weighted by Gasteiger charge is 2.07. The molecular formula is C11H12ClNO2. The maximum atomic E-state index is 11.4. The van der Waals surface area contributed by atoms with Gasteiger partial charge in [-0.3, -0.25) is 14.9 Å². The molecule has 4 heteroatoms. The van der Waals surface area contributed by atoms with Crippen LogP contribution in [0.1, 0.15) is 29.3 Å². The Balaban J connectivity index is 2.70. The molecule has 1 aromatic rings. The van der Waals surface area contributed by atoms with Crippen molar-refractivity contribution in [1.82, 2.24) is 5.32 Å². The Bertz CT molecular complexity index is 359. The monoisotopic (exact) mass is 225 g/mol. The second-order valence-corrected chi connectivity index (χ2v) is 3.33. The van der Waals surface area contributed by atoms with Gasteiger partial charge in [0.1, 0.15) is 0 Å². The van der Waals surface area contributed by atoms with E-state index in [1.807, 2.05) is 0 Å². The maximum absolute atomic E-state index is 11.4. The van der Waals surface area contributed by atoms with Crippen LogP contribution < -0.4 is 5.32 Å². The van der Waals surface area contributed by atoms with Crippen molar-refractivity contribution in [3.8, 4) is 0 Å². The fourth-order valence-electron chi connectivity index (χ4n) is 1.03. The lowest BCUT2D eigenvalue weighted by atomic mass is 10.1. The lowest BCUT2D eigenvalue weighted by molar-refractivity contribution is -0.119. The Morgan fingerprint density at radius 2 is 1.87 bits per heavy atom. The molecule has 0 saturated carbocycles. The topological polar surface area (TPSA) is 46.2 Å². The highest BCUT2D eigenvalue weighted by atomic mass is 35.5. The van der Waals surface area contributed by atoms with Gasteiger partial charge in [-0.15, -0.1) is 11.6 Å². The van der Waals surface area contributed by atoms with Gasteiger partial charge in [0, 0.05) is 17.9 Å². The van der Waals surface area contributed by atoms with Crippen molar-refractivity contribution in [3.63, 3.8) is 0 Å². The summed E-state index contributed by atoms with van der Waals surface area (Å²) in [6.45, 7) is 1.69. The van der Waals surface area contributed by atoms with Crippen LogP contribution in [-0.2, 0) is 10.7 Å². The SMILES string of the molecule is CCC(=O)NC(=O)c1ccc(CCl)cc1. The van der Waals surface area contributed by atoms with E-state index in [1.165, 1.54) is 0 Å². The van der Waals surface area contributed by atoms with E-state index in [4.69, 9.17) is 11.6 Å². The zero-order valence-electron chi connectivity index (χ0n) is 8.42. The lowest BCUT2D eigenvalue weighted by Crippen LogP contribution is -2.29. The molecule has 0 fully saturated rings. The van der Waals surface area contributed by atoms with Crippen LogP contribution in [0.3, 0.4) is 0 Å². The first-order valence-electron chi connectivity index (χ1n) is 4.66. The molecule has 0 spiro atoms. The number of carbonyl (C=O) groups excluding carboxylic acids is 2. The quantitative estimate of drug-likeness (QED) is 0.801. The molecule has 80 valence electrons. The van der Waals surface area contributed by atoms with E-state index < -0.39 is 0 Å². The second kappa shape index (κ2) is 5.51. The molecule has 0 saturated heterocycles. The Morgan fingerprint density at radius 1 is 1.27 bits per heavy atom. The number of imide groups is 1. The smallest absolute Gasteiger partial charge is 0.257 e. The lowest BCUT2D eigenvalue weighted by Gasteiger charge is -2.02. The number of hydrogen-bond acceptors (Lipinski definition) is 2. The highest BCUT2D eigenvalue weighted by molar-refractivity contribution is 6.17. The van der Waals surface area contributed by atoms with Crippen LogP contribution in [0.15, 0.2) is 24.3 Å². The van der Waals surface area contributed by atoms with E-state index in [2.05, 4.69) is 5.32 Å². The average molecular weight is 226 g/mol. The summed E-state index contributed by atoms with van der Waals surface area (Å²) in [5, 5.41) is 2.27.